The Kier molecular flexibility index (Phi) is 15.5. The summed E-state index contributed by atoms with van der Waals surface area (Å²) in [4.78, 5) is 8.60. The second-order valence-electron chi connectivity index (χ2n) is 24.4. The average molecular weight is 1310 g/mol. The van der Waals surface area contributed by atoms with Crippen molar-refractivity contribution >= 4 is 44.6 Å². The second-order valence-corrected chi connectivity index (χ2v) is 24.4. The number of benzene rings is 9. The van der Waals surface area contributed by atoms with Crippen molar-refractivity contribution in [3.63, 3.8) is 0 Å². The van der Waals surface area contributed by atoms with Crippen molar-refractivity contribution in [2.24, 2.45) is 0 Å². The van der Waals surface area contributed by atoms with E-state index in [9.17, 15) is 0 Å². The molecule has 1 aliphatic rings. The van der Waals surface area contributed by atoms with Crippen LogP contribution in [0.1, 0.15) is 103 Å². The van der Waals surface area contributed by atoms with Gasteiger partial charge in [-0.25, -0.2) is 26.9 Å². The van der Waals surface area contributed by atoms with E-state index in [0.717, 1.165) is 66.6 Å². The Hall–Kier alpha value is -8.33. The summed E-state index contributed by atoms with van der Waals surface area (Å²) in [5.41, 5.74) is 10.4. The molecule has 11 aromatic rings. The van der Waals surface area contributed by atoms with E-state index in [1.165, 1.54) is 0 Å². The van der Waals surface area contributed by atoms with E-state index < -0.39 is 40.1 Å². The van der Waals surface area contributed by atoms with E-state index in [1.807, 2.05) is 135 Å². The van der Waals surface area contributed by atoms with Gasteiger partial charge < -0.3 is 19.1 Å². The maximum absolute atomic E-state index is 16.8. The molecule has 3 heterocycles. The third-order valence-corrected chi connectivity index (χ3v) is 16.0. The molecule has 5 nitrogen and oxygen atoms in total. The zero-order valence-electron chi connectivity index (χ0n) is 48.9. The van der Waals surface area contributed by atoms with E-state index in [0.29, 0.717) is 45.3 Å². The molecule has 0 amide bonds. The van der Waals surface area contributed by atoms with Gasteiger partial charge in [0.1, 0.15) is 5.82 Å². The van der Waals surface area contributed by atoms with Gasteiger partial charge in [0.2, 0.25) is 5.82 Å². The third-order valence-electron chi connectivity index (χ3n) is 16.0. The normalized spacial score (nSPS) is 12.7. The van der Waals surface area contributed by atoms with E-state index in [2.05, 4.69) is 126 Å². The van der Waals surface area contributed by atoms with Crippen LogP contribution in [-0.2, 0) is 31.9 Å². The number of anilines is 4. The molecule has 0 atom stereocenters. The molecule has 85 heavy (non-hydrogen) atoms. The Bertz CT molecular complexity index is 4330. The van der Waals surface area contributed by atoms with E-state index in [1.54, 1.807) is 17.6 Å². The second kappa shape index (κ2) is 22.6. The summed E-state index contributed by atoms with van der Waals surface area (Å²) in [5, 5.41) is 2.00. The zero-order chi connectivity index (χ0) is 59.1. The van der Waals surface area contributed by atoms with Crippen molar-refractivity contribution in [2.45, 2.75) is 91.9 Å². The molecular weight excluding hydrogens is 1250 g/mol. The van der Waals surface area contributed by atoms with Gasteiger partial charge in [-0.2, -0.15) is 6.07 Å². The molecule has 432 valence electrons. The Labute approximate surface area is 508 Å². The predicted octanol–water partition coefficient (Wildman–Crippen LogP) is 21.2. The SMILES string of the molecule is CC(C)c1cc(-c2cc(C(C)(C)C)cc(-c3c(F)c(F)c(F)c(F)c3F)c2N2[CH-]N(c3[c-]c(Oc4[c-]c5c(cc4)c4ccccc4n5-c4cc(C(C)(C)C)ccn4)cc(-c4ccccc4-c4ccccc4)c3)c3ccccc32)cc(C(C)C)c1.[Pt]. The van der Waals surface area contributed by atoms with Gasteiger partial charge in [0.15, 0.2) is 23.3 Å². The molecule has 0 N–H and O–H groups in total. The Morgan fingerprint density at radius 2 is 1.05 bits per heavy atom. The van der Waals surface area contributed by atoms with Crippen LogP contribution in [-0.4, -0.2) is 9.55 Å². The van der Waals surface area contributed by atoms with Crippen LogP contribution in [0.25, 0.3) is 72.1 Å². The van der Waals surface area contributed by atoms with Gasteiger partial charge in [-0.15, -0.1) is 53.6 Å². The van der Waals surface area contributed by atoms with Gasteiger partial charge in [0.25, 0.3) is 0 Å². The summed E-state index contributed by atoms with van der Waals surface area (Å²) in [6, 6.07) is 63.1. The summed E-state index contributed by atoms with van der Waals surface area (Å²) in [6.07, 6.45) is 1.84. The molecule has 11 heteroatoms. The Morgan fingerprint density at radius 3 is 1.69 bits per heavy atom. The van der Waals surface area contributed by atoms with Crippen LogP contribution in [0.4, 0.5) is 44.7 Å². The zero-order valence-corrected chi connectivity index (χ0v) is 51.2. The maximum Gasteiger partial charge on any atom is 0.200 e. The molecule has 0 spiro atoms. The molecule has 0 saturated carbocycles. The number of rotatable bonds is 11. The first kappa shape index (κ1) is 58.4. The number of fused-ring (bicyclic) bond motifs is 4. The smallest absolute Gasteiger partial charge is 0.200 e. The van der Waals surface area contributed by atoms with E-state index >= 15 is 22.0 Å². The molecule has 2 aromatic heterocycles. The van der Waals surface area contributed by atoms with Crippen molar-refractivity contribution in [3.05, 3.63) is 246 Å². The van der Waals surface area contributed by atoms with Crippen LogP contribution < -0.4 is 14.5 Å². The minimum absolute atomic E-state index is 0. The number of halogens is 5. The molecule has 0 aliphatic carbocycles. The van der Waals surface area contributed by atoms with Crippen LogP contribution in [0.3, 0.4) is 0 Å². The fraction of sp³-hybridized carbons (Fsp3) is 0.189. The quantitative estimate of drug-likeness (QED) is 0.0559. The Morgan fingerprint density at radius 1 is 0.482 bits per heavy atom. The molecule has 12 rings (SSSR count). The molecule has 1 aliphatic heterocycles. The molecule has 0 saturated heterocycles. The van der Waals surface area contributed by atoms with Crippen LogP contribution >= 0.6 is 0 Å². The van der Waals surface area contributed by atoms with Gasteiger partial charge >= 0.3 is 0 Å². The minimum atomic E-state index is -2.23. The van der Waals surface area contributed by atoms with Gasteiger partial charge in [0.05, 0.1) is 5.56 Å². The first-order chi connectivity index (χ1) is 40.1. The van der Waals surface area contributed by atoms with Crippen LogP contribution in [0.5, 0.6) is 11.5 Å². The van der Waals surface area contributed by atoms with Crippen molar-refractivity contribution < 1.29 is 47.8 Å². The van der Waals surface area contributed by atoms with Crippen LogP contribution in [0.2, 0.25) is 0 Å². The number of ether oxygens (including phenoxy) is 1. The number of para-hydroxylation sites is 3. The van der Waals surface area contributed by atoms with Crippen molar-refractivity contribution in [3.8, 4) is 61.8 Å². The number of hydrogen-bond acceptors (Lipinski definition) is 4. The van der Waals surface area contributed by atoms with Gasteiger partial charge in [-0.3, -0.25) is 0 Å². The maximum atomic E-state index is 16.8. The summed E-state index contributed by atoms with van der Waals surface area (Å²) in [7, 11) is 0. The van der Waals surface area contributed by atoms with Gasteiger partial charge in [-0.1, -0.05) is 178 Å². The molecule has 0 unspecified atom stereocenters. The van der Waals surface area contributed by atoms with Crippen LogP contribution in [0, 0.1) is 47.9 Å². The largest absolute Gasteiger partial charge is 0.509 e. The average Bonchev–Trinajstić information content (AvgIpc) is 2.00. The van der Waals surface area contributed by atoms with Crippen LogP contribution in [0.15, 0.2) is 176 Å². The van der Waals surface area contributed by atoms with E-state index in [-0.39, 0.29) is 49.6 Å². The summed E-state index contributed by atoms with van der Waals surface area (Å²) in [5.74, 6) is -8.49. The van der Waals surface area contributed by atoms with Crippen molar-refractivity contribution in [1.82, 2.24) is 9.55 Å². The standard InChI is InChI=1S/C74H62F5N4O.Pt/c1-43(2)46-32-47(44(3)4)34-48(33-46)59-37-51(74(8,9)10)38-60(66-67(75)69(77)71(79)70(78)68(66)76)72(59)82-42-81(62-26-18-19-27-63(62)82)52-35-49(56-23-15-14-22-55(56)45-20-12-11-13-21-45)36-54(40-52)84-53-28-29-58-57-24-16-17-25-61(57)83(64(58)41-53)65-39-50(30-31-80-65)73(5,6)7;/h11-39,42-44H,1-10H3;/q-3;. The monoisotopic (exact) mass is 1310 g/mol. The predicted molar refractivity (Wildman–Crippen MR) is 331 cm³/mol. The summed E-state index contributed by atoms with van der Waals surface area (Å²) in [6.45, 7) is 22.6. The summed E-state index contributed by atoms with van der Waals surface area (Å²) < 4.78 is 89.3. The number of hydrogen-bond donors (Lipinski definition) is 0. The third kappa shape index (κ3) is 10.7. The molecule has 0 radical (unpaired) electrons. The van der Waals surface area contributed by atoms with Crippen molar-refractivity contribution in [1.29, 1.82) is 0 Å². The number of nitrogens with zero attached hydrogens (tertiary/aromatic N) is 4. The fourth-order valence-electron chi connectivity index (χ4n) is 11.3. The van der Waals surface area contributed by atoms with Crippen molar-refractivity contribution in [2.75, 3.05) is 9.80 Å². The number of pyridine rings is 1. The minimum Gasteiger partial charge on any atom is -0.509 e. The first-order valence-corrected chi connectivity index (χ1v) is 28.3. The summed E-state index contributed by atoms with van der Waals surface area (Å²) >= 11 is 0. The Balaban J connectivity index is 0.00000752. The molecular formula is C74H62F5N4OPt-3. The fourth-order valence-corrected chi connectivity index (χ4v) is 11.3. The molecule has 0 fully saturated rings. The molecule has 0 bridgehead atoms. The topological polar surface area (TPSA) is 33.5 Å². The van der Waals surface area contributed by atoms with Gasteiger partial charge in [0, 0.05) is 72.5 Å². The molecule has 9 aromatic carbocycles. The van der Waals surface area contributed by atoms with Gasteiger partial charge in [-0.05, 0) is 115 Å². The number of aromatic nitrogens is 2. The first-order valence-electron chi connectivity index (χ1n) is 28.3. The van der Waals surface area contributed by atoms with E-state index in [4.69, 9.17) is 9.72 Å².